The molecule has 0 saturated heterocycles. The van der Waals surface area contributed by atoms with Crippen molar-refractivity contribution in [1.29, 1.82) is 0 Å². The van der Waals surface area contributed by atoms with Gasteiger partial charge < -0.3 is 19.9 Å². The number of ether oxygens (including phenoxy) is 1. The SMILES string of the molecule is CCNC(=NCc1nccn1Cc1ccccc1)NCCCCc1ccc(OC)cc1. The molecule has 0 bridgehead atoms. The van der Waals surface area contributed by atoms with Crippen molar-refractivity contribution in [1.82, 2.24) is 20.2 Å². The highest BCUT2D eigenvalue weighted by Gasteiger charge is 2.04. The van der Waals surface area contributed by atoms with E-state index in [2.05, 4.69) is 63.5 Å². The van der Waals surface area contributed by atoms with Crippen LogP contribution in [0.5, 0.6) is 5.75 Å². The third-order valence-corrected chi connectivity index (χ3v) is 5.06. The van der Waals surface area contributed by atoms with Crippen LogP contribution in [-0.4, -0.2) is 35.7 Å². The van der Waals surface area contributed by atoms with Gasteiger partial charge in [0.15, 0.2) is 5.96 Å². The maximum atomic E-state index is 5.21. The van der Waals surface area contributed by atoms with Gasteiger partial charge in [-0.15, -0.1) is 0 Å². The third-order valence-electron chi connectivity index (χ3n) is 5.06. The molecular formula is C25H33N5O. The number of benzene rings is 2. The van der Waals surface area contributed by atoms with Gasteiger partial charge >= 0.3 is 0 Å². The van der Waals surface area contributed by atoms with Crippen LogP contribution >= 0.6 is 0 Å². The Bertz CT molecular complexity index is 919. The molecule has 6 heteroatoms. The third kappa shape index (κ3) is 7.48. The average molecular weight is 420 g/mol. The number of aromatic nitrogens is 2. The molecule has 0 aliphatic carbocycles. The van der Waals surface area contributed by atoms with Crippen LogP contribution in [0.15, 0.2) is 72.0 Å². The second-order valence-corrected chi connectivity index (χ2v) is 7.38. The van der Waals surface area contributed by atoms with Crippen LogP contribution in [0.2, 0.25) is 0 Å². The first kappa shape index (κ1) is 22.4. The first-order valence-corrected chi connectivity index (χ1v) is 11.0. The minimum absolute atomic E-state index is 0.543. The van der Waals surface area contributed by atoms with Crippen molar-refractivity contribution in [3.63, 3.8) is 0 Å². The number of nitrogens with one attached hydrogen (secondary N) is 2. The van der Waals surface area contributed by atoms with Crippen LogP contribution in [-0.2, 0) is 19.5 Å². The highest BCUT2D eigenvalue weighted by molar-refractivity contribution is 5.79. The van der Waals surface area contributed by atoms with Gasteiger partial charge in [-0.25, -0.2) is 9.98 Å². The van der Waals surface area contributed by atoms with Crippen molar-refractivity contribution in [2.45, 2.75) is 39.3 Å². The van der Waals surface area contributed by atoms with E-state index in [4.69, 9.17) is 9.73 Å². The van der Waals surface area contributed by atoms with Gasteiger partial charge in [-0.1, -0.05) is 42.5 Å². The molecule has 0 unspecified atom stereocenters. The van der Waals surface area contributed by atoms with Gasteiger partial charge in [0.05, 0.1) is 7.11 Å². The van der Waals surface area contributed by atoms with Crippen molar-refractivity contribution < 1.29 is 4.74 Å². The van der Waals surface area contributed by atoms with Gasteiger partial charge in [-0.2, -0.15) is 0 Å². The lowest BCUT2D eigenvalue weighted by atomic mass is 10.1. The minimum atomic E-state index is 0.543. The van der Waals surface area contributed by atoms with E-state index in [1.54, 1.807) is 7.11 Å². The van der Waals surface area contributed by atoms with E-state index in [-0.39, 0.29) is 0 Å². The number of guanidine groups is 1. The van der Waals surface area contributed by atoms with Gasteiger partial charge in [0, 0.05) is 32.0 Å². The van der Waals surface area contributed by atoms with Gasteiger partial charge in [0.1, 0.15) is 18.1 Å². The van der Waals surface area contributed by atoms with Crippen LogP contribution in [0.1, 0.15) is 36.7 Å². The number of hydrogen-bond acceptors (Lipinski definition) is 3. The lowest BCUT2D eigenvalue weighted by Crippen LogP contribution is -2.37. The summed E-state index contributed by atoms with van der Waals surface area (Å²) in [4.78, 5) is 9.22. The van der Waals surface area contributed by atoms with Crippen LogP contribution in [0.3, 0.4) is 0 Å². The van der Waals surface area contributed by atoms with Gasteiger partial charge in [0.2, 0.25) is 0 Å². The summed E-state index contributed by atoms with van der Waals surface area (Å²) in [5.41, 5.74) is 2.60. The normalized spacial score (nSPS) is 11.4. The Balaban J connectivity index is 1.45. The summed E-state index contributed by atoms with van der Waals surface area (Å²) >= 11 is 0. The van der Waals surface area contributed by atoms with Crippen molar-refractivity contribution in [2.24, 2.45) is 4.99 Å². The molecule has 0 atom stereocenters. The number of unbranched alkanes of at least 4 members (excludes halogenated alkanes) is 1. The lowest BCUT2D eigenvalue weighted by Gasteiger charge is -2.12. The Morgan fingerprint density at radius 3 is 2.55 bits per heavy atom. The van der Waals surface area contributed by atoms with E-state index in [9.17, 15) is 0 Å². The van der Waals surface area contributed by atoms with Gasteiger partial charge in [-0.05, 0) is 49.4 Å². The summed E-state index contributed by atoms with van der Waals surface area (Å²) in [5, 5.41) is 6.76. The second-order valence-electron chi connectivity index (χ2n) is 7.38. The lowest BCUT2D eigenvalue weighted by molar-refractivity contribution is 0.414. The zero-order valence-corrected chi connectivity index (χ0v) is 18.6. The topological polar surface area (TPSA) is 63.5 Å². The highest BCUT2D eigenvalue weighted by atomic mass is 16.5. The first-order chi connectivity index (χ1) is 15.3. The van der Waals surface area contributed by atoms with Crippen LogP contribution in [0, 0.1) is 0 Å². The molecule has 6 nitrogen and oxygen atoms in total. The number of methoxy groups -OCH3 is 1. The smallest absolute Gasteiger partial charge is 0.191 e. The van der Waals surface area contributed by atoms with Gasteiger partial charge in [-0.3, -0.25) is 0 Å². The summed E-state index contributed by atoms with van der Waals surface area (Å²) in [7, 11) is 1.70. The largest absolute Gasteiger partial charge is 0.497 e. The maximum Gasteiger partial charge on any atom is 0.191 e. The molecular weight excluding hydrogens is 386 g/mol. The molecule has 0 aliphatic rings. The molecule has 0 aliphatic heterocycles. The molecule has 1 aromatic heterocycles. The summed E-state index contributed by atoms with van der Waals surface area (Å²) < 4.78 is 7.36. The van der Waals surface area contributed by atoms with E-state index >= 15 is 0 Å². The number of imidazole rings is 1. The summed E-state index contributed by atoms with van der Waals surface area (Å²) in [5.74, 6) is 2.70. The number of nitrogens with zero attached hydrogens (tertiary/aromatic N) is 3. The van der Waals surface area contributed by atoms with E-state index < -0.39 is 0 Å². The van der Waals surface area contributed by atoms with E-state index in [1.807, 2.05) is 30.6 Å². The molecule has 164 valence electrons. The molecule has 3 rings (SSSR count). The van der Waals surface area contributed by atoms with E-state index in [1.165, 1.54) is 11.1 Å². The molecule has 31 heavy (non-hydrogen) atoms. The molecule has 0 radical (unpaired) electrons. The van der Waals surface area contributed by atoms with Crippen LogP contribution < -0.4 is 15.4 Å². The zero-order valence-electron chi connectivity index (χ0n) is 18.6. The minimum Gasteiger partial charge on any atom is -0.497 e. The monoisotopic (exact) mass is 419 g/mol. The fraction of sp³-hybridized carbons (Fsp3) is 0.360. The molecule has 2 N–H and O–H groups in total. The van der Waals surface area contributed by atoms with Crippen molar-refractivity contribution >= 4 is 5.96 Å². The van der Waals surface area contributed by atoms with E-state index in [0.717, 1.165) is 56.4 Å². The maximum absolute atomic E-state index is 5.21. The Kier molecular flexibility index (Phi) is 8.98. The molecule has 0 amide bonds. The number of rotatable bonds is 11. The predicted molar refractivity (Wildman–Crippen MR) is 127 cm³/mol. The molecule has 0 spiro atoms. The predicted octanol–water partition coefficient (Wildman–Crippen LogP) is 4.02. The zero-order chi connectivity index (χ0) is 21.7. The number of hydrogen-bond donors (Lipinski definition) is 2. The van der Waals surface area contributed by atoms with Gasteiger partial charge in [0.25, 0.3) is 0 Å². The molecule has 0 saturated carbocycles. The summed E-state index contributed by atoms with van der Waals surface area (Å²) in [6, 6.07) is 18.7. The second kappa shape index (κ2) is 12.4. The molecule has 1 heterocycles. The van der Waals surface area contributed by atoms with Crippen LogP contribution in [0.25, 0.3) is 0 Å². The van der Waals surface area contributed by atoms with Crippen LogP contribution in [0.4, 0.5) is 0 Å². The highest BCUT2D eigenvalue weighted by Crippen LogP contribution is 2.13. The molecule has 2 aromatic carbocycles. The Morgan fingerprint density at radius 2 is 1.81 bits per heavy atom. The molecule has 0 fully saturated rings. The fourth-order valence-corrected chi connectivity index (χ4v) is 3.36. The standard InChI is InChI=1S/C25H33N5O/c1-3-26-25(28-16-8-7-9-21-12-14-23(31-2)15-13-21)29-19-24-27-17-18-30(24)20-22-10-5-4-6-11-22/h4-6,10-15,17-18H,3,7-9,16,19-20H2,1-2H3,(H2,26,28,29). The first-order valence-electron chi connectivity index (χ1n) is 11.0. The summed E-state index contributed by atoms with van der Waals surface area (Å²) in [6.45, 7) is 5.15. The van der Waals surface area contributed by atoms with E-state index in [0.29, 0.717) is 6.54 Å². The Labute approximate surface area is 185 Å². The van der Waals surface area contributed by atoms with Crippen molar-refractivity contribution in [3.8, 4) is 5.75 Å². The van der Waals surface area contributed by atoms with Crippen molar-refractivity contribution in [3.05, 3.63) is 83.9 Å². The average Bonchev–Trinajstić information content (AvgIpc) is 3.25. The van der Waals surface area contributed by atoms with Crippen molar-refractivity contribution in [2.75, 3.05) is 20.2 Å². The Hall–Kier alpha value is -3.28. The summed E-state index contributed by atoms with van der Waals surface area (Å²) in [6.07, 6.45) is 7.13. The number of aliphatic imine (C=N–C) groups is 1. The fourth-order valence-electron chi connectivity index (χ4n) is 3.36. The Morgan fingerprint density at radius 1 is 1.00 bits per heavy atom. The molecule has 3 aromatic rings. The quantitative estimate of drug-likeness (QED) is 0.280. The number of aryl methyl sites for hydroxylation is 1.